The Hall–Kier alpha value is -1.42. The SMILES string of the molecule is CC(O)(c1ccc(Br)cc1Cl)c1cccc2ncccc12. The molecule has 21 heavy (non-hydrogen) atoms. The van der Waals surface area contributed by atoms with E-state index in [9.17, 15) is 5.11 Å². The van der Waals surface area contributed by atoms with Crippen LogP contribution in [0.1, 0.15) is 18.1 Å². The zero-order valence-electron chi connectivity index (χ0n) is 11.3. The topological polar surface area (TPSA) is 33.1 Å². The van der Waals surface area contributed by atoms with E-state index >= 15 is 0 Å². The van der Waals surface area contributed by atoms with Gasteiger partial charge in [0.15, 0.2) is 0 Å². The molecule has 1 unspecified atom stereocenters. The van der Waals surface area contributed by atoms with Gasteiger partial charge in [0.2, 0.25) is 0 Å². The lowest BCUT2D eigenvalue weighted by atomic mass is 9.86. The average molecular weight is 363 g/mol. The molecule has 2 aromatic carbocycles. The molecule has 0 amide bonds. The number of rotatable bonds is 2. The van der Waals surface area contributed by atoms with E-state index < -0.39 is 5.60 Å². The van der Waals surface area contributed by atoms with Gasteiger partial charge in [-0.3, -0.25) is 4.98 Å². The zero-order chi connectivity index (χ0) is 15.0. The maximum atomic E-state index is 11.1. The molecule has 1 aromatic heterocycles. The zero-order valence-corrected chi connectivity index (χ0v) is 13.7. The first-order valence-corrected chi connectivity index (χ1v) is 7.69. The molecule has 0 aliphatic rings. The molecule has 0 aliphatic heterocycles. The Kier molecular flexibility index (Phi) is 3.74. The maximum absolute atomic E-state index is 11.1. The lowest BCUT2D eigenvalue weighted by molar-refractivity contribution is 0.104. The summed E-state index contributed by atoms with van der Waals surface area (Å²) in [6, 6.07) is 15.0. The fourth-order valence-electron chi connectivity index (χ4n) is 2.56. The van der Waals surface area contributed by atoms with Gasteiger partial charge in [-0.15, -0.1) is 0 Å². The van der Waals surface area contributed by atoms with Crippen molar-refractivity contribution in [1.82, 2.24) is 4.98 Å². The molecule has 0 spiro atoms. The Morgan fingerprint density at radius 1 is 1.10 bits per heavy atom. The molecule has 0 fully saturated rings. The monoisotopic (exact) mass is 361 g/mol. The molecule has 1 heterocycles. The van der Waals surface area contributed by atoms with Gasteiger partial charge >= 0.3 is 0 Å². The van der Waals surface area contributed by atoms with E-state index in [1.807, 2.05) is 42.5 Å². The molecule has 0 saturated carbocycles. The number of aliphatic hydroxyl groups is 1. The Bertz CT molecular complexity index is 811. The molecule has 0 radical (unpaired) electrons. The third-order valence-electron chi connectivity index (χ3n) is 3.63. The number of pyridine rings is 1. The van der Waals surface area contributed by atoms with Crippen molar-refractivity contribution in [2.75, 3.05) is 0 Å². The van der Waals surface area contributed by atoms with Gasteiger partial charge in [0.1, 0.15) is 5.60 Å². The first-order valence-electron chi connectivity index (χ1n) is 6.52. The Balaban J connectivity index is 2.25. The van der Waals surface area contributed by atoms with Gasteiger partial charge in [-0.25, -0.2) is 0 Å². The smallest absolute Gasteiger partial charge is 0.114 e. The summed E-state index contributed by atoms with van der Waals surface area (Å²) < 4.78 is 0.881. The largest absolute Gasteiger partial charge is 0.381 e. The molecule has 0 bridgehead atoms. The van der Waals surface area contributed by atoms with Crippen LogP contribution >= 0.6 is 27.5 Å². The van der Waals surface area contributed by atoms with Crippen molar-refractivity contribution in [3.8, 4) is 0 Å². The van der Waals surface area contributed by atoms with E-state index in [1.54, 1.807) is 19.2 Å². The molecule has 1 atom stereocenters. The third kappa shape index (κ3) is 2.57. The molecule has 106 valence electrons. The van der Waals surface area contributed by atoms with Crippen molar-refractivity contribution in [1.29, 1.82) is 0 Å². The van der Waals surface area contributed by atoms with Crippen molar-refractivity contribution in [3.63, 3.8) is 0 Å². The molecular weight excluding hydrogens is 350 g/mol. The van der Waals surface area contributed by atoms with Crippen molar-refractivity contribution in [3.05, 3.63) is 75.4 Å². The number of benzene rings is 2. The molecule has 1 N–H and O–H groups in total. The summed E-state index contributed by atoms with van der Waals surface area (Å²) in [7, 11) is 0. The summed E-state index contributed by atoms with van der Waals surface area (Å²) in [5.74, 6) is 0. The van der Waals surface area contributed by atoms with Crippen LogP contribution in [0.2, 0.25) is 5.02 Å². The van der Waals surface area contributed by atoms with Crippen LogP contribution in [-0.2, 0) is 5.60 Å². The van der Waals surface area contributed by atoms with E-state index in [-0.39, 0.29) is 0 Å². The maximum Gasteiger partial charge on any atom is 0.114 e. The number of fused-ring (bicyclic) bond motifs is 1. The first kappa shape index (κ1) is 14.5. The molecule has 3 aromatic rings. The summed E-state index contributed by atoms with van der Waals surface area (Å²) in [6.07, 6.45) is 1.74. The van der Waals surface area contributed by atoms with Crippen LogP contribution in [0.4, 0.5) is 0 Å². The number of nitrogens with zero attached hydrogens (tertiary/aromatic N) is 1. The van der Waals surface area contributed by atoms with Gasteiger partial charge in [-0.1, -0.05) is 51.8 Å². The molecule has 0 aliphatic carbocycles. The van der Waals surface area contributed by atoms with Crippen molar-refractivity contribution < 1.29 is 5.11 Å². The number of halogens is 2. The first-order chi connectivity index (χ1) is 10.00. The van der Waals surface area contributed by atoms with Crippen LogP contribution in [0.25, 0.3) is 10.9 Å². The number of hydrogen-bond donors (Lipinski definition) is 1. The predicted octanol–water partition coefficient (Wildman–Crippen LogP) is 4.91. The van der Waals surface area contributed by atoms with E-state index in [2.05, 4.69) is 20.9 Å². The van der Waals surface area contributed by atoms with Crippen molar-refractivity contribution >= 4 is 38.4 Å². The van der Waals surface area contributed by atoms with Gasteiger partial charge in [-0.05, 0) is 36.8 Å². The Morgan fingerprint density at radius 3 is 2.67 bits per heavy atom. The minimum Gasteiger partial charge on any atom is -0.381 e. The van der Waals surface area contributed by atoms with Gasteiger partial charge in [0.25, 0.3) is 0 Å². The highest BCUT2D eigenvalue weighted by Crippen LogP contribution is 2.37. The van der Waals surface area contributed by atoms with Crippen LogP contribution in [0.5, 0.6) is 0 Å². The summed E-state index contributed by atoms with van der Waals surface area (Å²) in [6.45, 7) is 1.75. The van der Waals surface area contributed by atoms with E-state index in [4.69, 9.17) is 11.6 Å². The highest BCUT2D eigenvalue weighted by atomic mass is 79.9. The second-order valence-corrected chi connectivity index (χ2v) is 6.39. The standard InChI is InChI=1S/C17H13BrClNO/c1-17(21,14-8-7-11(18)10-15(14)19)13-5-2-6-16-12(13)4-3-9-20-16/h2-10,21H,1H3. The third-order valence-corrected chi connectivity index (χ3v) is 4.43. The molecule has 2 nitrogen and oxygen atoms in total. The van der Waals surface area contributed by atoms with Crippen LogP contribution < -0.4 is 0 Å². The average Bonchev–Trinajstić information content (AvgIpc) is 2.46. The van der Waals surface area contributed by atoms with Gasteiger partial charge in [-0.2, -0.15) is 0 Å². The van der Waals surface area contributed by atoms with Gasteiger partial charge in [0, 0.05) is 26.6 Å². The van der Waals surface area contributed by atoms with Gasteiger partial charge in [0.05, 0.1) is 5.52 Å². The Labute approximate surface area is 136 Å². The van der Waals surface area contributed by atoms with E-state index in [0.717, 1.165) is 20.9 Å². The highest BCUT2D eigenvalue weighted by molar-refractivity contribution is 9.10. The van der Waals surface area contributed by atoms with Crippen LogP contribution in [0, 0.1) is 0 Å². The molecule has 0 saturated heterocycles. The Morgan fingerprint density at radius 2 is 1.90 bits per heavy atom. The predicted molar refractivity (Wildman–Crippen MR) is 89.6 cm³/mol. The van der Waals surface area contributed by atoms with Crippen LogP contribution in [0.3, 0.4) is 0 Å². The quantitative estimate of drug-likeness (QED) is 0.703. The molecular formula is C17H13BrClNO. The summed E-state index contributed by atoms with van der Waals surface area (Å²) in [5, 5.41) is 12.5. The van der Waals surface area contributed by atoms with Gasteiger partial charge < -0.3 is 5.11 Å². The van der Waals surface area contributed by atoms with Crippen molar-refractivity contribution in [2.45, 2.75) is 12.5 Å². The minimum absolute atomic E-state index is 0.523. The van der Waals surface area contributed by atoms with Crippen LogP contribution in [-0.4, -0.2) is 10.1 Å². The molecule has 3 rings (SSSR count). The highest BCUT2D eigenvalue weighted by Gasteiger charge is 2.29. The summed E-state index contributed by atoms with van der Waals surface area (Å²) in [4.78, 5) is 4.33. The lowest BCUT2D eigenvalue weighted by Gasteiger charge is -2.27. The minimum atomic E-state index is -1.19. The van der Waals surface area contributed by atoms with E-state index in [1.165, 1.54) is 0 Å². The second kappa shape index (κ2) is 5.41. The second-order valence-electron chi connectivity index (χ2n) is 5.07. The molecule has 4 heteroatoms. The number of hydrogen-bond acceptors (Lipinski definition) is 2. The fraction of sp³-hybridized carbons (Fsp3) is 0.118. The van der Waals surface area contributed by atoms with E-state index in [0.29, 0.717) is 10.6 Å². The summed E-state index contributed by atoms with van der Waals surface area (Å²) >= 11 is 9.69. The number of aromatic nitrogens is 1. The fourth-order valence-corrected chi connectivity index (χ4v) is 3.41. The van der Waals surface area contributed by atoms with Crippen molar-refractivity contribution in [2.24, 2.45) is 0 Å². The lowest BCUT2D eigenvalue weighted by Crippen LogP contribution is -2.23. The van der Waals surface area contributed by atoms with Crippen LogP contribution in [0.15, 0.2) is 59.2 Å². The normalized spacial score (nSPS) is 14.1. The summed E-state index contributed by atoms with van der Waals surface area (Å²) in [5.41, 5.74) is 1.12.